The number of methoxy groups -OCH3 is 1. The van der Waals surface area contributed by atoms with Crippen LogP contribution in [0.2, 0.25) is 0 Å². The molecule has 0 atom stereocenters. The first-order valence-electron chi connectivity index (χ1n) is 15.2. The van der Waals surface area contributed by atoms with Gasteiger partial charge in [0.15, 0.2) is 0 Å². The first kappa shape index (κ1) is 31.6. The molecule has 3 heterocycles. The quantitative estimate of drug-likeness (QED) is 0.326. The SMILES string of the molecule is COc1cc(C(=O)NC2CC3(CCN(C)CC3)C2)ccc1Nc1ncc(C(F)(F)F)c(Oc2cccc3c2C(=O)N(C)C3(C)C)n1. The molecule has 0 radical (unpaired) electrons. The van der Waals surface area contributed by atoms with E-state index in [1.165, 1.54) is 18.1 Å². The third-order valence-corrected chi connectivity index (χ3v) is 9.76. The molecule has 6 rings (SSSR count). The Kier molecular flexibility index (Phi) is 7.86. The lowest BCUT2D eigenvalue weighted by molar-refractivity contribution is -0.139. The van der Waals surface area contributed by atoms with E-state index in [0.29, 0.717) is 28.4 Å². The first-order valence-corrected chi connectivity index (χ1v) is 15.2. The Morgan fingerprint density at radius 2 is 1.78 bits per heavy atom. The summed E-state index contributed by atoms with van der Waals surface area (Å²) in [5.74, 6) is -1.34. The number of fused-ring (bicyclic) bond motifs is 1. The minimum atomic E-state index is -4.83. The van der Waals surface area contributed by atoms with Crippen LogP contribution in [0.3, 0.4) is 0 Å². The van der Waals surface area contributed by atoms with Crippen molar-refractivity contribution in [2.75, 3.05) is 39.6 Å². The monoisotopic (exact) mass is 638 g/mol. The number of carbonyl (C=O) groups is 2. The highest BCUT2D eigenvalue weighted by Gasteiger charge is 2.46. The highest BCUT2D eigenvalue weighted by Crippen LogP contribution is 2.49. The molecule has 2 N–H and O–H groups in total. The van der Waals surface area contributed by atoms with Crippen LogP contribution < -0.4 is 20.1 Å². The molecule has 46 heavy (non-hydrogen) atoms. The van der Waals surface area contributed by atoms with Gasteiger partial charge in [-0.05, 0) is 94.9 Å². The van der Waals surface area contributed by atoms with Crippen molar-refractivity contribution in [1.29, 1.82) is 0 Å². The Morgan fingerprint density at radius 1 is 1.07 bits per heavy atom. The Bertz CT molecular complexity index is 1680. The van der Waals surface area contributed by atoms with Crippen molar-refractivity contribution in [3.8, 4) is 17.4 Å². The molecule has 1 saturated heterocycles. The number of amides is 2. The van der Waals surface area contributed by atoms with Gasteiger partial charge in [-0.3, -0.25) is 9.59 Å². The highest BCUT2D eigenvalue weighted by molar-refractivity contribution is 6.02. The molecule has 1 aromatic heterocycles. The Balaban J connectivity index is 1.21. The minimum absolute atomic E-state index is 0.0452. The number of ether oxygens (including phenoxy) is 2. The molecule has 1 saturated carbocycles. The van der Waals surface area contributed by atoms with Crippen LogP contribution in [-0.2, 0) is 11.7 Å². The van der Waals surface area contributed by atoms with E-state index in [4.69, 9.17) is 9.47 Å². The van der Waals surface area contributed by atoms with Gasteiger partial charge in [0.25, 0.3) is 11.8 Å². The Labute approximate surface area is 265 Å². The molecular weight excluding hydrogens is 601 g/mol. The van der Waals surface area contributed by atoms with Gasteiger partial charge in [-0.15, -0.1) is 0 Å². The molecular formula is C33H37F3N6O4. The zero-order chi connectivity index (χ0) is 33.0. The number of piperidine rings is 1. The predicted molar refractivity (Wildman–Crippen MR) is 165 cm³/mol. The summed E-state index contributed by atoms with van der Waals surface area (Å²) in [5.41, 5.74) is -0.0312. The third kappa shape index (κ3) is 5.72. The topological polar surface area (TPSA) is 109 Å². The third-order valence-electron chi connectivity index (χ3n) is 9.76. The number of anilines is 2. The number of likely N-dealkylation sites (tertiary alicyclic amines) is 1. The maximum absolute atomic E-state index is 14.0. The summed E-state index contributed by atoms with van der Waals surface area (Å²) in [5, 5.41) is 5.99. The average molecular weight is 639 g/mol. The second-order valence-corrected chi connectivity index (χ2v) is 13.0. The number of nitrogens with zero attached hydrogens (tertiary/aromatic N) is 4. The second kappa shape index (κ2) is 11.4. The van der Waals surface area contributed by atoms with Crippen LogP contribution >= 0.6 is 0 Å². The van der Waals surface area contributed by atoms with E-state index in [1.54, 1.807) is 37.4 Å². The molecule has 13 heteroatoms. The van der Waals surface area contributed by atoms with Gasteiger partial charge in [-0.2, -0.15) is 18.2 Å². The van der Waals surface area contributed by atoms with Crippen LogP contribution in [0.15, 0.2) is 42.6 Å². The van der Waals surface area contributed by atoms with Gasteiger partial charge in [0.05, 0.1) is 23.9 Å². The Morgan fingerprint density at radius 3 is 2.46 bits per heavy atom. The van der Waals surface area contributed by atoms with Gasteiger partial charge in [0.2, 0.25) is 11.8 Å². The standard InChI is InChI=1S/C33H37F3N6O4/c1-31(2)21-7-6-8-24(26(21)29(44)42(31)4)46-28-22(33(34,35)36)18-37-30(40-28)39-23-10-9-19(15-25(23)45-5)27(43)38-20-16-32(17-20)11-13-41(3)14-12-32/h6-10,15,18,20H,11-14,16-17H2,1-5H3,(H,38,43)(H,37,39,40). The lowest BCUT2D eigenvalue weighted by Gasteiger charge is -2.52. The summed E-state index contributed by atoms with van der Waals surface area (Å²) in [6.07, 6.45) is 0.0106. The van der Waals surface area contributed by atoms with Crippen LogP contribution in [-0.4, -0.2) is 71.9 Å². The maximum Gasteiger partial charge on any atom is 0.423 e. The van der Waals surface area contributed by atoms with Crippen molar-refractivity contribution in [2.24, 2.45) is 5.41 Å². The van der Waals surface area contributed by atoms with E-state index in [9.17, 15) is 22.8 Å². The molecule has 2 fully saturated rings. The van der Waals surface area contributed by atoms with Gasteiger partial charge >= 0.3 is 6.18 Å². The number of nitrogens with one attached hydrogen (secondary N) is 2. The average Bonchev–Trinajstić information content (AvgIpc) is 3.17. The summed E-state index contributed by atoms with van der Waals surface area (Å²) in [7, 11) is 5.18. The van der Waals surface area contributed by atoms with E-state index in [0.717, 1.165) is 38.8 Å². The van der Waals surface area contributed by atoms with Crippen molar-refractivity contribution in [1.82, 2.24) is 25.1 Å². The molecule has 2 aromatic carbocycles. The van der Waals surface area contributed by atoms with E-state index in [1.807, 2.05) is 13.8 Å². The van der Waals surface area contributed by atoms with Gasteiger partial charge < -0.3 is 29.9 Å². The van der Waals surface area contributed by atoms with Crippen LogP contribution in [0.25, 0.3) is 0 Å². The van der Waals surface area contributed by atoms with Gasteiger partial charge in [-0.1, -0.05) is 12.1 Å². The number of hydrogen-bond donors (Lipinski definition) is 2. The fourth-order valence-corrected chi connectivity index (χ4v) is 6.67. The number of hydrogen-bond acceptors (Lipinski definition) is 8. The molecule has 10 nitrogen and oxygen atoms in total. The normalized spacial score (nSPS) is 19.0. The number of carbonyl (C=O) groups excluding carboxylic acids is 2. The van der Waals surface area contributed by atoms with Crippen LogP contribution in [0.4, 0.5) is 24.8 Å². The van der Waals surface area contributed by atoms with Crippen molar-refractivity contribution in [3.63, 3.8) is 0 Å². The minimum Gasteiger partial charge on any atom is -0.495 e. The van der Waals surface area contributed by atoms with E-state index in [2.05, 4.69) is 32.5 Å². The smallest absolute Gasteiger partial charge is 0.423 e. The van der Waals surface area contributed by atoms with Crippen LogP contribution in [0, 0.1) is 5.41 Å². The summed E-state index contributed by atoms with van der Waals surface area (Å²) in [4.78, 5) is 37.9. The van der Waals surface area contributed by atoms with E-state index in [-0.39, 0.29) is 40.9 Å². The lowest BCUT2D eigenvalue weighted by Crippen LogP contribution is -2.54. The van der Waals surface area contributed by atoms with Crippen molar-refractivity contribution in [2.45, 2.75) is 57.3 Å². The summed E-state index contributed by atoms with van der Waals surface area (Å²) >= 11 is 0. The number of aromatic nitrogens is 2. The number of benzene rings is 2. The summed E-state index contributed by atoms with van der Waals surface area (Å²) in [6, 6.07) is 9.65. The number of halogens is 3. The zero-order valence-electron chi connectivity index (χ0n) is 26.4. The summed E-state index contributed by atoms with van der Waals surface area (Å²) < 4.78 is 53.3. The molecule has 1 spiro atoms. The van der Waals surface area contributed by atoms with Crippen molar-refractivity contribution in [3.05, 3.63) is 64.8 Å². The molecule has 244 valence electrons. The Hall–Kier alpha value is -4.39. The molecule has 0 bridgehead atoms. The molecule has 3 aliphatic rings. The van der Waals surface area contributed by atoms with Crippen molar-refractivity contribution < 1.29 is 32.2 Å². The summed E-state index contributed by atoms with van der Waals surface area (Å²) in [6.45, 7) is 5.84. The maximum atomic E-state index is 14.0. The number of alkyl halides is 3. The first-order chi connectivity index (χ1) is 21.7. The number of rotatable bonds is 7. The second-order valence-electron chi connectivity index (χ2n) is 13.0. The fraction of sp³-hybridized carbons (Fsp3) is 0.455. The van der Waals surface area contributed by atoms with Gasteiger partial charge in [0, 0.05) is 24.8 Å². The van der Waals surface area contributed by atoms with Crippen molar-refractivity contribution >= 4 is 23.5 Å². The van der Waals surface area contributed by atoms with E-state index >= 15 is 0 Å². The fourth-order valence-electron chi connectivity index (χ4n) is 6.67. The van der Waals surface area contributed by atoms with Gasteiger partial charge in [0.1, 0.15) is 17.1 Å². The largest absolute Gasteiger partial charge is 0.495 e. The van der Waals surface area contributed by atoms with Gasteiger partial charge in [-0.25, -0.2) is 4.98 Å². The van der Waals surface area contributed by atoms with Crippen LogP contribution in [0.1, 0.15) is 71.4 Å². The van der Waals surface area contributed by atoms with E-state index < -0.39 is 23.2 Å². The lowest BCUT2D eigenvalue weighted by atomic mass is 9.60. The molecule has 1 aliphatic carbocycles. The zero-order valence-corrected chi connectivity index (χ0v) is 26.4. The highest BCUT2D eigenvalue weighted by atomic mass is 19.4. The van der Waals surface area contributed by atoms with Crippen LogP contribution in [0.5, 0.6) is 17.4 Å². The molecule has 2 amide bonds. The molecule has 3 aromatic rings. The predicted octanol–water partition coefficient (Wildman–Crippen LogP) is 5.96. The molecule has 2 aliphatic heterocycles. The molecule has 0 unspecified atom stereocenters.